The summed E-state index contributed by atoms with van der Waals surface area (Å²) in [6, 6.07) is 9.97. The van der Waals surface area contributed by atoms with Crippen LogP contribution in [-0.4, -0.2) is 50.9 Å². The predicted octanol–water partition coefficient (Wildman–Crippen LogP) is 2.46. The number of methoxy groups -OCH3 is 2. The number of rotatable bonds is 5. The maximum atomic E-state index is 6.21. The van der Waals surface area contributed by atoms with E-state index in [-0.39, 0.29) is 12.2 Å². The SMILES string of the molecule is CO[C@@]1(C)O[C@@H]2C(OCc3ccccc3)OCC[C@H]2O[C@]1(C)OC. The molecule has 1 aromatic carbocycles. The topological polar surface area (TPSA) is 55.4 Å². The second-order valence-electron chi connectivity index (χ2n) is 6.36. The molecule has 0 aliphatic carbocycles. The highest BCUT2D eigenvalue weighted by Gasteiger charge is 2.59. The van der Waals surface area contributed by atoms with Crippen molar-refractivity contribution < 1.29 is 28.4 Å². The number of benzene rings is 1. The number of ether oxygens (including phenoxy) is 6. The Balaban J connectivity index is 1.72. The molecule has 6 heteroatoms. The van der Waals surface area contributed by atoms with E-state index in [1.54, 1.807) is 21.1 Å². The zero-order valence-corrected chi connectivity index (χ0v) is 14.7. The van der Waals surface area contributed by atoms with Gasteiger partial charge < -0.3 is 28.4 Å². The van der Waals surface area contributed by atoms with Gasteiger partial charge in [0.05, 0.1) is 19.3 Å². The van der Waals surface area contributed by atoms with Gasteiger partial charge in [-0.05, 0) is 25.8 Å². The largest absolute Gasteiger partial charge is 0.350 e. The van der Waals surface area contributed by atoms with Crippen molar-refractivity contribution in [3.8, 4) is 0 Å². The van der Waals surface area contributed by atoms with E-state index in [0.717, 1.165) is 5.56 Å². The van der Waals surface area contributed by atoms with Gasteiger partial charge in [0, 0.05) is 14.2 Å². The minimum Gasteiger partial charge on any atom is -0.350 e. The first-order valence-electron chi connectivity index (χ1n) is 8.24. The van der Waals surface area contributed by atoms with E-state index in [4.69, 9.17) is 28.4 Å². The van der Waals surface area contributed by atoms with E-state index < -0.39 is 17.9 Å². The highest BCUT2D eigenvalue weighted by Crippen LogP contribution is 2.42. The van der Waals surface area contributed by atoms with Crippen LogP contribution >= 0.6 is 0 Å². The van der Waals surface area contributed by atoms with Crippen molar-refractivity contribution in [1.82, 2.24) is 0 Å². The second-order valence-corrected chi connectivity index (χ2v) is 6.36. The van der Waals surface area contributed by atoms with Gasteiger partial charge in [0.25, 0.3) is 0 Å². The fraction of sp³-hybridized carbons (Fsp3) is 0.667. The lowest BCUT2D eigenvalue weighted by Gasteiger charge is -2.54. The van der Waals surface area contributed by atoms with Crippen molar-refractivity contribution in [3.05, 3.63) is 35.9 Å². The molecule has 2 saturated heterocycles. The number of hydrogen-bond acceptors (Lipinski definition) is 6. The lowest BCUT2D eigenvalue weighted by Crippen LogP contribution is -2.68. The third kappa shape index (κ3) is 3.22. The Bertz CT molecular complexity index is 538. The second kappa shape index (κ2) is 7.07. The van der Waals surface area contributed by atoms with Crippen molar-refractivity contribution in [3.63, 3.8) is 0 Å². The van der Waals surface area contributed by atoms with Gasteiger partial charge in [0.2, 0.25) is 11.6 Å². The lowest BCUT2D eigenvalue weighted by molar-refractivity contribution is -0.471. The average molecular weight is 338 g/mol. The molecule has 0 N–H and O–H groups in total. The molecule has 6 nitrogen and oxygen atoms in total. The average Bonchev–Trinajstić information content (AvgIpc) is 2.62. The Morgan fingerprint density at radius 2 is 1.71 bits per heavy atom. The minimum absolute atomic E-state index is 0.173. The molecule has 0 aromatic heterocycles. The molecule has 24 heavy (non-hydrogen) atoms. The van der Waals surface area contributed by atoms with Gasteiger partial charge in [0.1, 0.15) is 6.10 Å². The predicted molar refractivity (Wildman–Crippen MR) is 86.2 cm³/mol. The van der Waals surface area contributed by atoms with Crippen molar-refractivity contribution in [2.75, 3.05) is 20.8 Å². The summed E-state index contributed by atoms with van der Waals surface area (Å²) in [6.07, 6.45) is -0.350. The Morgan fingerprint density at radius 1 is 1.04 bits per heavy atom. The fourth-order valence-corrected chi connectivity index (χ4v) is 3.12. The molecule has 1 unspecified atom stereocenters. The van der Waals surface area contributed by atoms with Crippen LogP contribution < -0.4 is 0 Å². The van der Waals surface area contributed by atoms with Gasteiger partial charge in [-0.2, -0.15) is 0 Å². The maximum absolute atomic E-state index is 6.21. The Labute approximate surface area is 142 Å². The zero-order valence-electron chi connectivity index (χ0n) is 14.7. The van der Waals surface area contributed by atoms with E-state index in [1.807, 2.05) is 37.3 Å². The Kier molecular flexibility index (Phi) is 5.24. The monoisotopic (exact) mass is 338 g/mol. The third-order valence-electron chi connectivity index (χ3n) is 4.92. The summed E-state index contributed by atoms with van der Waals surface area (Å²) in [4.78, 5) is 0. The summed E-state index contributed by atoms with van der Waals surface area (Å²) in [5.41, 5.74) is 1.08. The molecule has 2 heterocycles. The van der Waals surface area contributed by atoms with Crippen LogP contribution in [0, 0.1) is 0 Å². The van der Waals surface area contributed by atoms with E-state index >= 15 is 0 Å². The lowest BCUT2D eigenvalue weighted by atomic mass is 10.00. The quantitative estimate of drug-likeness (QED) is 0.822. The first-order valence-corrected chi connectivity index (χ1v) is 8.24. The van der Waals surface area contributed by atoms with Crippen LogP contribution in [0.3, 0.4) is 0 Å². The van der Waals surface area contributed by atoms with E-state index in [9.17, 15) is 0 Å². The first kappa shape index (κ1) is 17.8. The third-order valence-corrected chi connectivity index (χ3v) is 4.92. The van der Waals surface area contributed by atoms with Crippen LogP contribution in [0.4, 0.5) is 0 Å². The van der Waals surface area contributed by atoms with Crippen LogP contribution in [0.2, 0.25) is 0 Å². The highest BCUT2D eigenvalue weighted by molar-refractivity contribution is 5.13. The van der Waals surface area contributed by atoms with Gasteiger partial charge in [-0.1, -0.05) is 30.3 Å². The molecule has 1 aromatic rings. The standard InChI is InChI=1S/C18H26O6/c1-17(19-3)18(2,20-4)24-15-14(23-17)10-11-21-16(15)22-12-13-8-6-5-7-9-13/h5-9,14-16H,10-12H2,1-4H3/t14-,15+,16?,17+,18+/m1/s1. The van der Waals surface area contributed by atoms with Gasteiger partial charge in [0.15, 0.2) is 6.29 Å². The molecule has 2 fully saturated rings. The Hall–Kier alpha value is -1.02. The summed E-state index contributed by atoms with van der Waals surface area (Å²) < 4.78 is 35.2. The summed E-state index contributed by atoms with van der Waals surface area (Å²) in [7, 11) is 3.16. The fourth-order valence-electron chi connectivity index (χ4n) is 3.12. The van der Waals surface area contributed by atoms with Crippen molar-refractivity contribution >= 4 is 0 Å². The molecular weight excluding hydrogens is 312 g/mol. The molecule has 0 bridgehead atoms. The summed E-state index contributed by atoms with van der Waals surface area (Å²) in [5.74, 6) is -2.05. The smallest absolute Gasteiger partial charge is 0.220 e. The van der Waals surface area contributed by atoms with Crippen molar-refractivity contribution in [1.29, 1.82) is 0 Å². The van der Waals surface area contributed by atoms with Crippen LogP contribution in [0.5, 0.6) is 0 Å². The van der Waals surface area contributed by atoms with Crippen LogP contribution in [0.15, 0.2) is 30.3 Å². The van der Waals surface area contributed by atoms with E-state index in [1.165, 1.54) is 0 Å². The van der Waals surface area contributed by atoms with Crippen molar-refractivity contribution in [2.24, 2.45) is 0 Å². The van der Waals surface area contributed by atoms with Gasteiger partial charge in [-0.25, -0.2) is 0 Å². The molecule has 5 atom stereocenters. The van der Waals surface area contributed by atoms with Crippen molar-refractivity contribution in [2.45, 2.75) is 56.9 Å². The van der Waals surface area contributed by atoms with Gasteiger partial charge >= 0.3 is 0 Å². The van der Waals surface area contributed by atoms with Crippen LogP contribution in [-0.2, 0) is 35.0 Å². The van der Waals surface area contributed by atoms with Gasteiger partial charge in [-0.3, -0.25) is 0 Å². The number of fused-ring (bicyclic) bond motifs is 1. The summed E-state index contributed by atoms with van der Waals surface area (Å²) in [6.45, 7) is 4.62. The first-order chi connectivity index (χ1) is 11.5. The zero-order chi connectivity index (χ0) is 17.2. The Morgan fingerprint density at radius 3 is 2.38 bits per heavy atom. The molecule has 0 amide bonds. The molecule has 134 valence electrons. The number of hydrogen-bond donors (Lipinski definition) is 0. The molecule has 0 spiro atoms. The van der Waals surface area contributed by atoms with E-state index in [0.29, 0.717) is 19.6 Å². The normalized spacial score (nSPS) is 39.4. The summed E-state index contributed by atoms with van der Waals surface area (Å²) >= 11 is 0. The van der Waals surface area contributed by atoms with Gasteiger partial charge in [-0.15, -0.1) is 0 Å². The van der Waals surface area contributed by atoms with Crippen LogP contribution in [0.25, 0.3) is 0 Å². The summed E-state index contributed by atoms with van der Waals surface area (Å²) in [5, 5.41) is 0. The molecular formula is C18H26O6. The minimum atomic E-state index is -1.06. The highest BCUT2D eigenvalue weighted by atomic mass is 16.8. The molecule has 3 rings (SSSR count). The molecule has 2 aliphatic rings. The molecule has 2 aliphatic heterocycles. The maximum Gasteiger partial charge on any atom is 0.220 e. The molecule has 0 saturated carbocycles. The molecule has 0 radical (unpaired) electrons. The van der Waals surface area contributed by atoms with Crippen LogP contribution in [0.1, 0.15) is 25.8 Å². The van der Waals surface area contributed by atoms with E-state index in [2.05, 4.69) is 0 Å².